The number of carbonyl (C=O) groups is 1. The molecule has 0 spiro atoms. The summed E-state index contributed by atoms with van der Waals surface area (Å²) in [5, 5.41) is 11.7. The van der Waals surface area contributed by atoms with Gasteiger partial charge in [0.15, 0.2) is 11.5 Å². The van der Waals surface area contributed by atoms with Gasteiger partial charge in [0.25, 0.3) is 0 Å². The van der Waals surface area contributed by atoms with E-state index in [1.54, 1.807) is 18.7 Å². The lowest BCUT2D eigenvalue weighted by molar-refractivity contribution is 0.195. The Morgan fingerprint density at radius 1 is 1.17 bits per heavy atom. The monoisotopic (exact) mass is 414 g/mol. The summed E-state index contributed by atoms with van der Waals surface area (Å²) >= 11 is 6.00. The van der Waals surface area contributed by atoms with Crippen LogP contribution in [0.5, 0.6) is 0 Å². The number of urea groups is 1. The zero-order chi connectivity index (χ0) is 20.5. The van der Waals surface area contributed by atoms with E-state index in [2.05, 4.69) is 15.6 Å². The number of hydrogen-bond acceptors (Lipinski definition) is 5. The summed E-state index contributed by atoms with van der Waals surface area (Å²) < 4.78 is 10.9. The van der Waals surface area contributed by atoms with Gasteiger partial charge < -0.3 is 19.3 Å². The number of carbonyl (C=O) groups excluding carboxylic acids is 1. The van der Waals surface area contributed by atoms with Crippen LogP contribution in [0, 0.1) is 20.8 Å². The molecule has 152 valence electrons. The van der Waals surface area contributed by atoms with Crippen molar-refractivity contribution in [3.63, 3.8) is 0 Å². The average Bonchev–Trinajstić information content (AvgIpc) is 3.40. The molecule has 0 bridgehead atoms. The van der Waals surface area contributed by atoms with Crippen LogP contribution >= 0.6 is 11.6 Å². The molecule has 2 aromatic heterocycles. The smallest absolute Gasteiger partial charge is 0.322 e. The van der Waals surface area contributed by atoms with Gasteiger partial charge in [0.05, 0.1) is 11.7 Å². The number of halogens is 1. The fourth-order valence-electron chi connectivity index (χ4n) is 3.81. The Morgan fingerprint density at radius 3 is 2.59 bits per heavy atom. The Kier molecular flexibility index (Phi) is 5.32. The molecule has 4 rings (SSSR count). The van der Waals surface area contributed by atoms with Crippen molar-refractivity contribution >= 4 is 23.3 Å². The summed E-state index contributed by atoms with van der Waals surface area (Å²) in [4.78, 5) is 14.8. The van der Waals surface area contributed by atoms with E-state index in [0.29, 0.717) is 35.1 Å². The van der Waals surface area contributed by atoms with Crippen molar-refractivity contribution in [3.05, 3.63) is 63.3 Å². The Bertz CT molecular complexity index is 1010. The minimum absolute atomic E-state index is 0.154. The molecule has 0 radical (unpaired) electrons. The molecule has 1 aliphatic heterocycles. The maximum Gasteiger partial charge on any atom is 0.322 e. The molecule has 1 fully saturated rings. The summed E-state index contributed by atoms with van der Waals surface area (Å²) in [7, 11) is 0. The van der Waals surface area contributed by atoms with Crippen molar-refractivity contribution in [3.8, 4) is 0 Å². The van der Waals surface area contributed by atoms with E-state index in [0.717, 1.165) is 35.4 Å². The molecule has 1 N–H and O–H groups in total. The van der Waals surface area contributed by atoms with Crippen LogP contribution in [-0.2, 0) is 6.42 Å². The maximum atomic E-state index is 13.0. The van der Waals surface area contributed by atoms with E-state index in [1.807, 2.05) is 31.2 Å². The Labute approximate surface area is 174 Å². The lowest BCUT2D eigenvalue weighted by Gasteiger charge is -2.24. The van der Waals surface area contributed by atoms with Crippen molar-refractivity contribution in [2.75, 3.05) is 11.9 Å². The predicted molar refractivity (Wildman–Crippen MR) is 109 cm³/mol. The third-order valence-corrected chi connectivity index (χ3v) is 5.64. The van der Waals surface area contributed by atoms with Crippen LogP contribution in [0.25, 0.3) is 0 Å². The fraction of sp³-hybridized carbons (Fsp3) is 0.381. The molecule has 0 aliphatic carbocycles. The minimum atomic E-state index is -0.187. The molecule has 1 unspecified atom stereocenters. The second-order valence-electron chi connectivity index (χ2n) is 7.39. The van der Waals surface area contributed by atoms with Gasteiger partial charge in [-0.15, -0.1) is 0 Å². The lowest BCUT2D eigenvalue weighted by Crippen LogP contribution is -2.34. The molecular weight excluding hydrogens is 392 g/mol. The van der Waals surface area contributed by atoms with Crippen LogP contribution in [0.15, 0.2) is 33.3 Å². The first-order valence-electron chi connectivity index (χ1n) is 9.64. The Morgan fingerprint density at radius 2 is 1.90 bits per heavy atom. The molecule has 3 aromatic rings. The number of anilines is 1. The average molecular weight is 415 g/mol. The number of aryl methyl sites for hydroxylation is 3. The van der Waals surface area contributed by atoms with Crippen molar-refractivity contribution < 1.29 is 13.8 Å². The van der Waals surface area contributed by atoms with E-state index < -0.39 is 0 Å². The van der Waals surface area contributed by atoms with Gasteiger partial charge in [-0.2, -0.15) is 0 Å². The van der Waals surface area contributed by atoms with E-state index in [-0.39, 0.29) is 12.1 Å². The molecule has 29 heavy (non-hydrogen) atoms. The molecular formula is C21H23ClN4O3. The standard InChI is InChI=1S/C21H23ClN4O3/c1-12-17(11-15-6-8-16(22)9-7-15)20(29-24-12)18-5-4-10-26(18)21(27)23-19-13(2)25-28-14(19)3/h6-9,18H,4-5,10-11H2,1-3H3,(H,23,27). The maximum absolute atomic E-state index is 13.0. The summed E-state index contributed by atoms with van der Waals surface area (Å²) in [5.41, 5.74) is 4.26. The minimum Gasteiger partial charge on any atom is -0.359 e. The number of benzene rings is 1. The van der Waals surface area contributed by atoms with Gasteiger partial charge in [-0.25, -0.2) is 4.79 Å². The first-order chi connectivity index (χ1) is 13.9. The van der Waals surface area contributed by atoms with Gasteiger partial charge in [-0.1, -0.05) is 34.0 Å². The molecule has 1 aromatic carbocycles. The van der Waals surface area contributed by atoms with E-state index in [9.17, 15) is 4.79 Å². The number of nitrogens with zero attached hydrogens (tertiary/aromatic N) is 3. The van der Waals surface area contributed by atoms with Gasteiger partial charge in [-0.05, 0) is 51.3 Å². The number of hydrogen-bond donors (Lipinski definition) is 1. The van der Waals surface area contributed by atoms with Gasteiger partial charge in [0.1, 0.15) is 11.4 Å². The second-order valence-corrected chi connectivity index (χ2v) is 7.83. The van der Waals surface area contributed by atoms with Crippen LogP contribution in [0.3, 0.4) is 0 Å². The molecule has 0 saturated carbocycles. The highest BCUT2D eigenvalue weighted by atomic mass is 35.5. The van der Waals surface area contributed by atoms with Crippen molar-refractivity contribution in [1.29, 1.82) is 0 Å². The number of nitrogens with one attached hydrogen (secondary N) is 1. The molecule has 1 aliphatic rings. The quantitative estimate of drug-likeness (QED) is 0.634. The first kappa shape index (κ1) is 19.5. The normalized spacial score (nSPS) is 16.4. The summed E-state index contributed by atoms with van der Waals surface area (Å²) in [6.45, 7) is 6.17. The molecule has 3 heterocycles. The largest absolute Gasteiger partial charge is 0.359 e. The first-order valence-corrected chi connectivity index (χ1v) is 10.0. The molecule has 7 nitrogen and oxygen atoms in total. The second kappa shape index (κ2) is 7.91. The Hall–Kier alpha value is -2.80. The zero-order valence-electron chi connectivity index (χ0n) is 16.7. The molecule has 8 heteroatoms. The molecule has 1 saturated heterocycles. The van der Waals surface area contributed by atoms with E-state index >= 15 is 0 Å². The van der Waals surface area contributed by atoms with Crippen molar-refractivity contribution in [2.24, 2.45) is 0 Å². The molecule has 1 atom stereocenters. The number of aromatic nitrogens is 2. The zero-order valence-corrected chi connectivity index (χ0v) is 17.4. The van der Waals surface area contributed by atoms with Crippen molar-refractivity contribution in [1.82, 2.24) is 15.2 Å². The van der Waals surface area contributed by atoms with Gasteiger partial charge in [0.2, 0.25) is 0 Å². The molecule has 2 amide bonds. The fourth-order valence-corrected chi connectivity index (χ4v) is 3.94. The summed E-state index contributed by atoms with van der Waals surface area (Å²) in [6, 6.07) is 7.40. The van der Waals surface area contributed by atoms with E-state index in [1.165, 1.54) is 0 Å². The van der Waals surface area contributed by atoms with Crippen LogP contribution in [-0.4, -0.2) is 27.8 Å². The highest BCUT2D eigenvalue weighted by Crippen LogP contribution is 2.36. The third-order valence-electron chi connectivity index (χ3n) is 5.39. The highest BCUT2D eigenvalue weighted by molar-refractivity contribution is 6.30. The van der Waals surface area contributed by atoms with Crippen molar-refractivity contribution in [2.45, 2.75) is 46.1 Å². The highest BCUT2D eigenvalue weighted by Gasteiger charge is 2.35. The van der Waals surface area contributed by atoms with Gasteiger partial charge in [0, 0.05) is 23.6 Å². The number of rotatable bonds is 4. The number of amides is 2. The van der Waals surface area contributed by atoms with Crippen LogP contribution in [0.4, 0.5) is 10.5 Å². The lowest BCUT2D eigenvalue weighted by atomic mass is 9.99. The topological polar surface area (TPSA) is 84.4 Å². The summed E-state index contributed by atoms with van der Waals surface area (Å²) in [5.74, 6) is 1.34. The van der Waals surface area contributed by atoms with Gasteiger partial charge in [-0.3, -0.25) is 0 Å². The van der Waals surface area contributed by atoms with Gasteiger partial charge >= 0.3 is 6.03 Å². The number of likely N-dealkylation sites (tertiary alicyclic amines) is 1. The SMILES string of the molecule is Cc1noc(C2CCCN2C(=O)Nc2c(C)noc2C)c1Cc1ccc(Cl)cc1. The van der Waals surface area contributed by atoms with Crippen LogP contribution < -0.4 is 5.32 Å². The van der Waals surface area contributed by atoms with Crippen LogP contribution in [0.1, 0.15) is 52.9 Å². The van der Waals surface area contributed by atoms with E-state index in [4.69, 9.17) is 20.6 Å². The Balaban J connectivity index is 1.57. The summed E-state index contributed by atoms with van der Waals surface area (Å²) in [6.07, 6.45) is 2.41. The predicted octanol–water partition coefficient (Wildman–Crippen LogP) is 5.20. The van der Waals surface area contributed by atoms with Crippen LogP contribution in [0.2, 0.25) is 5.02 Å². The third kappa shape index (κ3) is 3.87.